The molecule has 4 fully saturated rings. The highest BCUT2D eigenvalue weighted by Gasteiger charge is 2.52. The van der Waals surface area contributed by atoms with E-state index in [0.29, 0.717) is 0 Å². The summed E-state index contributed by atoms with van der Waals surface area (Å²) in [6, 6.07) is 7.98. The Balaban J connectivity index is 1.21. The Bertz CT molecular complexity index is 726. The number of carbonyl (C=O) groups is 1. The van der Waals surface area contributed by atoms with E-state index in [2.05, 4.69) is 17.5 Å². The van der Waals surface area contributed by atoms with Crippen LogP contribution in [-0.2, 0) is 4.79 Å². The first-order valence-corrected chi connectivity index (χ1v) is 12.7. The highest BCUT2D eigenvalue weighted by atomic mass is 16.5. The summed E-state index contributed by atoms with van der Waals surface area (Å²) in [4.78, 5) is 13.1. The first-order valence-electron chi connectivity index (χ1n) is 12.7. The Kier molecular flexibility index (Phi) is 7.68. The molecule has 5 rings (SSSR count). The molecular formula is C27H40N2O2. The van der Waals surface area contributed by atoms with Crippen molar-refractivity contribution in [1.82, 2.24) is 5.43 Å². The van der Waals surface area contributed by atoms with E-state index in [9.17, 15) is 4.79 Å². The molecule has 1 aromatic rings. The van der Waals surface area contributed by atoms with E-state index in [1.807, 2.05) is 24.3 Å². The fourth-order valence-corrected chi connectivity index (χ4v) is 6.48. The highest BCUT2D eigenvalue weighted by molar-refractivity contribution is 5.85. The number of rotatable bonds is 11. The van der Waals surface area contributed by atoms with Gasteiger partial charge in [-0.15, -0.1) is 0 Å². The van der Waals surface area contributed by atoms with Gasteiger partial charge in [-0.05, 0) is 86.1 Å². The minimum Gasteiger partial charge on any atom is -0.494 e. The van der Waals surface area contributed by atoms with Gasteiger partial charge in [0.2, 0.25) is 5.91 Å². The van der Waals surface area contributed by atoms with Crippen molar-refractivity contribution >= 4 is 12.1 Å². The monoisotopic (exact) mass is 424 g/mol. The average molecular weight is 425 g/mol. The van der Waals surface area contributed by atoms with Crippen molar-refractivity contribution in [3.8, 4) is 5.75 Å². The zero-order chi connectivity index (χ0) is 21.5. The van der Waals surface area contributed by atoms with Crippen LogP contribution in [-0.4, -0.2) is 18.7 Å². The summed E-state index contributed by atoms with van der Waals surface area (Å²) >= 11 is 0. The van der Waals surface area contributed by atoms with E-state index < -0.39 is 0 Å². The molecule has 2 atom stereocenters. The van der Waals surface area contributed by atoms with Crippen LogP contribution < -0.4 is 10.2 Å². The third kappa shape index (κ3) is 5.90. The molecule has 170 valence electrons. The second kappa shape index (κ2) is 10.7. The first-order chi connectivity index (χ1) is 15.2. The summed E-state index contributed by atoms with van der Waals surface area (Å²) in [7, 11) is 0. The molecule has 4 aliphatic rings. The van der Waals surface area contributed by atoms with Crippen LogP contribution in [0.15, 0.2) is 29.4 Å². The largest absolute Gasteiger partial charge is 0.494 e. The molecule has 1 aromatic carbocycles. The van der Waals surface area contributed by atoms with Crippen LogP contribution in [0.4, 0.5) is 0 Å². The zero-order valence-corrected chi connectivity index (χ0v) is 19.3. The topological polar surface area (TPSA) is 50.7 Å². The Morgan fingerprint density at radius 3 is 2.35 bits per heavy atom. The second-order valence-corrected chi connectivity index (χ2v) is 10.4. The summed E-state index contributed by atoms with van der Waals surface area (Å²) in [5, 5.41) is 4.30. The smallest absolute Gasteiger partial charge is 0.246 e. The fraction of sp³-hybridized carbons (Fsp3) is 0.704. The van der Waals surface area contributed by atoms with Crippen molar-refractivity contribution in [3.63, 3.8) is 0 Å². The number of amides is 1. The maximum Gasteiger partial charge on any atom is 0.246 e. The number of unbranched alkanes of at least 4 members (excludes halogenated alkanes) is 5. The minimum absolute atomic E-state index is 0.154. The molecule has 4 bridgehead atoms. The molecule has 0 radical (unpaired) electrons. The van der Waals surface area contributed by atoms with Crippen molar-refractivity contribution in [3.05, 3.63) is 29.8 Å². The van der Waals surface area contributed by atoms with Crippen molar-refractivity contribution in [2.45, 2.75) is 90.4 Å². The molecule has 4 nitrogen and oxygen atoms in total. The number of ether oxygens (including phenoxy) is 1. The van der Waals surface area contributed by atoms with Gasteiger partial charge < -0.3 is 4.74 Å². The Morgan fingerprint density at radius 1 is 1.00 bits per heavy atom. The first kappa shape index (κ1) is 22.4. The molecule has 0 spiro atoms. The van der Waals surface area contributed by atoms with Gasteiger partial charge in [0.15, 0.2) is 0 Å². The van der Waals surface area contributed by atoms with Crippen molar-refractivity contribution in [1.29, 1.82) is 0 Å². The van der Waals surface area contributed by atoms with Crippen LogP contribution in [0.3, 0.4) is 0 Å². The van der Waals surface area contributed by atoms with Gasteiger partial charge in [0, 0.05) is 0 Å². The summed E-state index contributed by atoms with van der Waals surface area (Å²) < 4.78 is 5.85. The van der Waals surface area contributed by atoms with Crippen LogP contribution in [0.25, 0.3) is 0 Å². The standard InChI is InChI=1S/C27H40N2O2/c1-2-3-4-5-6-7-14-31-25-12-10-21(11-13-25)20-28-29-26(30)27-17-22-8-9-23(18-27)16-24(15-22)19-27/h10-13,20,22-24H,2-9,14-19H2,1H3,(H,29,30)/b28-20-/t22-,23-,24?,27?/m0/s1. The van der Waals surface area contributed by atoms with Crippen LogP contribution in [0.2, 0.25) is 0 Å². The molecule has 0 aromatic heterocycles. The van der Waals surface area contributed by atoms with Gasteiger partial charge in [0.25, 0.3) is 0 Å². The lowest BCUT2D eigenvalue weighted by Gasteiger charge is -2.46. The number of carbonyl (C=O) groups excluding carboxylic acids is 1. The van der Waals surface area contributed by atoms with Gasteiger partial charge in [-0.25, -0.2) is 5.43 Å². The number of fused-ring (bicyclic) bond motifs is 1. The van der Waals surface area contributed by atoms with Gasteiger partial charge in [-0.1, -0.05) is 51.9 Å². The third-order valence-electron chi connectivity index (χ3n) is 7.86. The van der Waals surface area contributed by atoms with Crippen LogP contribution in [0, 0.1) is 23.2 Å². The Hall–Kier alpha value is -1.84. The summed E-state index contributed by atoms with van der Waals surface area (Å²) in [6.45, 7) is 3.02. The predicted octanol–water partition coefficient (Wildman–Crippen LogP) is 6.48. The van der Waals surface area contributed by atoms with Crippen LogP contribution >= 0.6 is 0 Å². The minimum atomic E-state index is -0.154. The number of benzene rings is 1. The lowest BCUT2D eigenvalue weighted by Crippen LogP contribution is -2.47. The summed E-state index contributed by atoms with van der Waals surface area (Å²) in [6.07, 6.45) is 18.0. The van der Waals surface area contributed by atoms with Gasteiger partial charge >= 0.3 is 0 Å². The maximum atomic E-state index is 13.1. The molecule has 4 aliphatic carbocycles. The lowest BCUT2D eigenvalue weighted by molar-refractivity contribution is -0.138. The molecular weight excluding hydrogens is 384 g/mol. The van der Waals surface area contributed by atoms with Crippen molar-refractivity contribution in [2.24, 2.45) is 28.3 Å². The second-order valence-electron chi connectivity index (χ2n) is 10.4. The van der Waals surface area contributed by atoms with E-state index in [-0.39, 0.29) is 11.3 Å². The number of hydrazone groups is 1. The molecule has 0 aliphatic heterocycles. The molecule has 4 saturated carbocycles. The number of hydrogen-bond donors (Lipinski definition) is 1. The van der Waals surface area contributed by atoms with E-state index in [0.717, 1.165) is 61.4 Å². The number of nitrogens with zero attached hydrogens (tertiary/aromatic N) is 1. The van der Waals surface area contributed by atoms with Gasteiger partial charge in [-0.3, -0.25) is 4.79 Å². The molecule has 0 heterocycles. The third-order valence-corrected chi connectivity index (χ3v) is 7.86. The molecule has 1 N–H and O–H groups in total. The van der Waals surface area contributed by atoms with E-state index in [1.54, 1.807) is 6.21 Å². The van der Waals surface area contributed by atoms with Crippen LogP contribution in [0.5, 0.6) is 5.75 Å². The molecule has 31 heavy (non-hydrogen) atoms. The number of hydrogen-bond acceptors (Lipinski definition) is 3. The van der Waals surface area contributed by atoms with Gasteiger partial charge in [0.05, 0.1) is 18.2 Å². The number of nitrogens with one attached hydrogen (secondary N) is 1. The van der Waals surface area contributed by atoms with E-state index in [1.165, 1.54) is 57.8 Å². The average Bonchev–Trinajstić information content (AvgIpc) is 2.99. The van der Waals surface area contributed by atoms with E-state index >= 15 is 0 Å². The predicted molar refractivity (Wildman–Crippen MR) is 126 cm³/mol. The van der Waals surface area contributed by atoms with Gasteiger partial charge in [-0.2, -0.15) is 5.10 Å². The summed E-state index contributed by atoms with van der Waals surface area (Å²) in [5.74, 6) is 3.33. The molecule has 1 amide bonds. The molecule has 0 unspecified atom stereocenters. The van der Waals surface area contributed by atoms with E-state index in [4.69, 9.17) is 4.74 Å². The van der Waals surface area contributed by atoms with Crippen molar-refractivity contribution < 1.29 is 9.53 Å². The molecule has 0 saturated heterocycles. The van der Waals surface area contributed by atoms with Gasteiger partial charge in [0.1, 0.15) is 5.75 Å². The maximum absolute atomic E-state index is 13.1. The Labute approximate surface area is 188 Å². The Morgan fingerprint density at radius 2 is 1.65 bits per heavy atom. The quantitative estimate of drug-likeness (QED) is 0.251. The highest BCUT2D eigenvalue weighted by Crippen LogP contribution is 2.57. The fourth-order valence-electron chi connectivity index (χ4n) is 6.48. The summed E-state index contributed by atoms with van der Waals surface area (Å²) in [5.41, 5.74) is 3.72. The normalized spacial score (nSPS) is 29.3. The van der Waals surface area contributed by atoms with Crippen molar-refractivity contribution in [2.75, 3.05) is 6.61 Å². The lowest BCUT2D eigenvalue weighted by atomic mass is 9.58. The zero-order valence-electron chi connectivity index (χ0n) is 19.3. The molecule has 4 heteroatoms. The van der Waals surface area contributed by atoms with Crippen LogP contribution in [0.1, 0.15) is 96.0 Å². The SMILES string of the molecule is CCCCCCCCOc1ccc(/C=N\NC(=O)C23CC4C[C@H](CC[C@@H](C4)C2)C3)cc1.